The highest BCUT2D eigenvalue weighted by Crippen LogP contribution is 2.21. The van der Waals surface area contributed by atoms with Crippen LogP contribution in [0.4, 0.5) is 0 Å². The van der Waals surface area contributed by atoms with E-state index in [-0.39, 0.29) is 5.97 Å². The lowest BCUT2D eigenvalue weighted by molar-refractivity contribution is -0.144. The third kappa shape index (κ3) is 5.57. The smallest absolute Gasteiger partial charge is 0.322 e. The molecule has 17 heavy (non-hydrogen) atoms. The van der Waals surface area contributed by atoms with Gasteiger partial charge in [0, 0.05) is 15.1 Å². The summed E-state index contributed by atoms with van der Waals surface area (Å²) in [5, 5.41) is 0. The van der Waals surface area contributed by atoms with Gasteiger partial charge in [0.05, 0.1) is 6.61 Å². The Labute approximate surface area is 114 Å². The second kappa shape index (κ2) is 7.74. The van der Waals surface area contributed by atoms with Crippen molar-refractivity contribution >= 4 is 33.7 Å². The molecule has 0 fully saturated rings. The number of halogens is 1. The number of esters is 1. The minimum Gasteiger partial charge on any atom is -0.465 e. The predicted octanol–water partition coefficient (Wildman–Crippen LogP) is 2.82. The fourth-order valence-corrected chi connectivity index (χ4v) is 2.40. The van der Waals surface area contributed by atoms with Gasteiger partial charge in [0.2, 0.25) is 0 Å². The van der Waals surface area contributed by atoms with Gasteiger partial charge >= 0.3 is 5.97 Å². The van der Waals surface area contributed by atoms with Gasteiger partial charge in [-0.1, -0.05) is 15.9 Å². The summed E-state index contributed by atoms with van der Waals surface area (Å²) < 4.78 is 5.90. The van der Waals surface area contributed by atoms with E-state index < -0.39 is 6.04 Å². The van der Waals surface area contributed by atoms with E-state index in [4.69, 9.17) is 10.5 Å². The lowest BCUT2D eigenvalue weighted by atomic mass is 10.2. The molecule has 0 spiro atoms. The number of nitrogens with two attached hydrogens (primary N) is 1. The SMILES string of the molecule is CCOC(=O)C(N)CCSc1ccc(Br)cc1. The predicted molar refractivity (Wildman–Crippen MR) is 74.1 cm³/mol. The topological polar surface area (TPSA) is 52.3 Å². The van der Waals surface area contributed by atoms with Crippen molar-refractivity contribution in [1.29, 1.82) is 0 Å². The molecular formula is C12H16BrNO2S. The molecule has 0 aromatic heterocycles. The highest BCUT2D eigenvalue weighted by Gasteiger charge is 2.13. The zero-order valence-electron chi connectivity index (χ0n) is 9.69. The van der Waals surface area contributed by atoms with Crippen LogP contribution in [0.1, 0.15) is 13.3 Å². The lowest BCUT2D eigenvalue weighted by Crippen LogP contribution is -2.32. The number of carbonyl (C=O) groups is 1. The van der Waals surface area contributed by atoms with Crippen LogP contribution < -0.4 is 5.73 Å². The van der Waals surface area contributed by atoms with Gasteiger partial charge in [0.1, 0.15) is 6.04 Å². The second-order valence-corrected chi connectivity index (χ2v) is 5.53. The molecule has 0 aliphatic carbocycles. The summed E-state index contributed by atoms with van der Waals surface area (Å²) in [5.41, 5.74) is 5.70. The number of carbonyl (C=O) groups excluding carboxylic acids is 1. The van der Waals surface area contributed by atoms with Gasteiger partial charge in [-0.15, -0.1) is 11.8 Å². The first-order chi connectivity index (χ1) is 8.13. The molecular weight excluding hydrogens is 302 g/mol. The number of ether oxygens (including phenoxy) is 1. The maximum atomic E-state index is 11.3. The van der Waals surface area contributed by atoms with Crippen molar-refractivity contribution < 1.29 is 9.53 Å². The van der Waals surface area contributed by atoms with Crippen molar-refractivity contribution in [3.05, 3.63) is 28.7 Å². The highest BCUT2D eigenvalue weighted by molar-refractivity contribution is 9.10. The Hall–Kier alpha value is -0.520. The van der Waals surface area contributed by atoms with E-state index in [2.05, 4.69) is 15.9 Å². The average Bonchev–Trinajstić information content (AvgIpc) is 2.32. The molecule has 0 heterocycles. The van der Waals surface area contributed by atoms with Crippen LogP contribution in [0.15, 0.2) is 33.6 Å². The van der Waals surface area contributed by atoms with Crippen LogP contribution in [0.25, 0.3) is 0 Å². The number of rotatable bonds is 6. The first-order valence-electron chi connectivity index (χ1n) is 5.44. The molecule has 2 N–H and O–H groups in total. The number of thioether (sulfide) groups is 1. The van der Waals surface area contributed by atoms with Gasteiger partial charge in [0.25, 0.3) is 0 Å². The van der Waals surface area contributed by atoms with Crippen molar-refractivity contribution in [2.24, 2.45) is 5.73 Å². The van der Waals surface area contributed by atoms with Gasteiger partial charge in [0.15, 0.2) is 0 Å². The fourth-order valence-electron chi connectivity index (χ4n) is 1.20. The van der Waals surface area contributed by atoms with Gasteiger partial charge in [-0.3, -0.25) is 4.79 Å². The standard InChI is InChI=1S/C12H16BrNO2S/c1-2-16-12(15)11(14)7-8-17-10-5-3-9(13)4-6-10/h3-6,11H,2,7-8,14H2,1H3. The molecule has 5 heteroatoms. The van der Waals surface area contributed by atoms with Crippen LogP contribution in [0.2, 0.25) is 0 Å². The largest absolute Gasteiger partial charge is 0.465 e. The Morgan fingerprint density at radius 2 is 2.12 bits per heavy atom. The minimum atomic E-state index is -0.516. The molecule has 0 amide bonds. The normalized spacial score (nSPS) is 12.2. The van der Waals surface area contributed by atoms with Gasteiger partial charge in [-0.25, -0.2) is 0 Å². The summed E-state index contributed by atoms with van der Waals surface area (Å²) in [6.07, 6.45) is 0.625. The van der Waals surface area contributed by atoms with Crippen molar-refractivity contribution in [2.75, 3.05) is 12.4 Å². The molecule has 0 bridgehead atoms. The Kier molecular flexibility index (Phi) is 6.62. The fraction of sp³-hybridized carbons (Fsp3) is 0.417. The van der Waals surface area contributed by atoms with Crippen LogP contribution in [-0.2, 0) is 9.53 Å². The molecule has 0 radical (unpaired) electrons. The summed E-state index contributed by atoms with van der Waals surface area (Å²) in [4.78, 5) is 12.4. The van der Waals surface area contributed by atoms with E-state index in [1.165, 1.54) is 4.90 Å². The van der Waals surface area contributed by atoms with Crippen LogP contribution in [-0.4, -0.2) is 24.4 Å². The van der Waals surface area contributed by atoms with Crippen LogP contribution in [0, 0.1) is 0 Å². The van der Waals surface area contributed by atoms with E-state index in [9.17, 15) is 4.79 Å². The Bertz CT molecular complexity index is 356. The highest BCUT2D eigenvalue weighted by atomic mass is 79.9. The molecule has 3 nitrogen and oxygen atoms in total. The Morgan fingerprint density at radius 1 is 1.47 bits per heavy atom. The van der Waals surface area contributed by atoms with E-state index in [1.54, 1.807) is 18.7 Å². The summed E-state index contributed by atoms with van der Waals surface area (Å²) in [7, 11) is 0. The molecule has 1 aromatic carbocycles. The second-order valence-electron chi connectivity index (χ2n) is 3.45. The zero-order valence-corrected chi connectivity index (χ0v) is 12.1. The third-order valence-electron chi connectivity index (χ3n) is 2.10. The molecule has 1 aromatic rings. The van der Waals surface area contributed by atoms with Crippen molar-refractivity contribution in [2.45, 2.75) is 24.3 Å². The number of hydrogen-bond donors (Lipinski definition) is 1. The summed E-state index contributed by atoms with van der Waals surface area (Å²) in [5.74, 6) is 0.491. The van der Waals surface area contributed by atoms with Crippen molar-refractivity contribution in [3.8, 4) is 0 Å². The van der Waals surface area contributed by atoms with Crippen LogP contribution in [0.3, 0.4) is 0 Å². The Morgan fingerprint density at radius 3 is 2.71 bits per heavy atom. The molecule has 0 aliphatic rings. The maximum Gasteiger partial charge on any atom is 0.322 e. The molecule has 1 atom stereocenters. The molecule has 1 rings (SSSR count). The van der Waals surface area contributed by atoms with E-state index in [1.807, 2.05) is 24.3 Å². The van der Waals surface area contributed by atoms with Gasteiger partial charge in [-0.05, 0) is 37.6 Å². The van der Waals surface area contributed by atoms with Crippen LogP contribution >= 0.6 is 27.7 Å². The quantitative estimate of drug-likeness (QED) is 0.647. The molecule has 0 aliphatic heterocycles. The zero-order chi connectivity index (χ0) is 12.7. The summed E-state index contributed by atoms with van der Waals surface area (Å²) in [6.45, 7) is 2.16. The molecule has 1 unspecified atom stereocenters. The number of hydrogen-bond acceptors (Lipinski definition) is 4. The van der Waals surface area contributed by atoms with Crippen molar-refractivity contribution in [1.82, 2.24) is 0 Å². The van der Waals surface area contributed by atoms with Crippen LogP contribution in [0.5, 0.6) is 0 Å². The Balaban J connectivity index is 2.27. The van der Waals surface area contributed by atoms with E-state index >= 15 is 0 Å². The van der Waals surface area contributed by atoms with E-state index in [0.717, 1.165) is 10.2 Å². The molecule has 94 valence electrons. The van der Waals surface area contributed by atoms with Gasteiger partial charge < -0.3 is 10.5 Å². The monoisotopic (exact) mass is 317 g/mol. The van der Waals surface area contributed by atoms with Gasteiger partial charge in [-0.2, -0.15) is 0 Å². The third-order valence-corrected chi connectivity index (χ3v) is 3.67. The van der Waals surface area contributed by atoms with Crippen molar-refractivity contribution in [3.63, 3.8) is 0 Å². The molecule has 0 saturated heterocycles. The average molecular weight is 318 g/mol. The maximum absolute atomic E-state index is 11.3. The summed E-state index contributed by atoms with van der Waals surface area (Å²) in [6, 6.07) is 7.54. The first kappa shape index (κ1) is 14.5. The van der Waals surface area contributed by atoms with E-state index in [0.29, 0.717) is 13.0 Å². The lowest BCUT2D eigenvalue weighted by Gasteiger charge is -2.09. The molecule has 0 saturated carbocycles. The first-order valence-corrected chi connectivity index (χ1v) is 7.22. The summed E-state index contributed by atoms with van der Waals surface area (Å²) >= 11 is 5.07. The minimum absolute atomic E-state index is 0.316. The number of benzene rings is 1.